The molecule has 4 heterocycles. The van der Waals surface area contributed by atoms with Gasteiger partial charge < -0.3 is 25.7 Å². The minimum atomic E-state index is -1.13. The maximum Gasteiger partial charge on any atom is 0.167 e. The van der Waals surface area contributed by atoms with E-state index in [-0.39, 0.29) is 5.82 Å². The average molecular weight is 413 g/mol. The highest BCUT2D eigenvalue weighted by Gasteiger charge is 2.44. The first-order valence-electron chi connectivity index (χ1n) is 9.05. The normalized spacial score (nSPS) is 24.7. The van der Waals surface area contributed by atoms with E-state index in [1.165, 1.54) is 24.4 Å². The highest BCUT2D eigenvalue weighted by molar-refractivity contribution is 7.99. The van der Waals surface area contributed by atoms with Gasteiger partial charge in [-0.2, -0.15) is 0 Å². The maximum absolute atomic E-state index is 10.5. The van der Waals surface area contributed by atoms with Crippen LogP contribution >= 0.6 is 11.8 Å². The molecule has 5 rings (SSSR count). The molecule has 0 radical (unpaired) electrons. The van der Waals surface area contributed by atoms with Crippen LogP contribution < -0.4 is 5.73 Å². The van der Waals surface area contributed by atoms with Crippen LogP contribution in [0.3, 0.4) is 0 Å². The molecule has 0 unspecified atom stereocenters. The minimum absolute atomic E-state index is 0.245. The van der Waals surface area contributed by atoms with Crippen LogP contribution in [0.1, 0.15) is 11.8 Å². The van der Waals surface area contributed by atoms with Crippen LogP contribution in [0.25, 0.3) is 22.2 Å². The molecule has 4 atom stereocenters. The molecule has 0 saturated carbocycles. The summed E-state index contributed by atoms with van der Waals surface area (Å²) in [6, 6.07) is 5.95. The molecule has 150 valence electrons. The van der Waals surface area contributed by atoms with Gasteiger partial charge in [-0.25, -0.2) is 19.9 Å². The Balaban J connectivity index is 1.35. The number of aliphatic hydroxyl groups excluding tert-OH is 2. The van der Waals surface area contributed by atoms with Gasteiger partial charge >= 0.3 is 0 Å². The highest BCUT2D eigenvalue weighted by atomic mass is 32.2. The van der Waals surface area contributed by atoms with Crippen molar-refractivity contribution < 1.29 is 14.9 Å². The molecule has 0 amide bonds. The SMILES string of the molecule is Cc1cccc2[nH]c(SC[C@H]3O[C@@H](n4cnc5c(N)ncnc54)[C@H](O)[C@@H]3O)nc12. The molecule has 3 aromatic heterocycles. The van der Waals surface area contributed by atoms with E-state index in [1.807, 2.05) is 25.1 Å². The second-order valence-electron chi connectivity index (χ2n) is 6.95. The zero-order valence-electron chi connectivity index (χ0n) is 15.4. The molecular formula is C18H19N7O3S. The van der Waals surface area contributed by atoms with Gasteiger partial charge in [-0.15, -0.1) is 0 Å². The van der Waals surface area contributed by atoms with E-state index >= 15 is 0 Å². The Morgan fingerprint density at radius 2 is 2.07 bits per heavy atom. The number of thioether (sulfide) groups is 1. The fraction of sp³-hybridized carbons (Fsp3) is 0.333. The number of para-hydroxylation sites is 1. The predicted octanol–water partition coefficient (Wildman–Crippen LogP) is 1.00. The lowest BCUT2D eigenvalue weighted by molar-refractivity contribution is -0.0289. The average Bonchev–Trinajstić information content (AvgIpc) is 3.39. The van der Waals surface area contributed by atoms with Crippen LogP contribution in [0, 0.1) is 6.92 Å². The third-order valence-corrected chi connectivity index (χ3v) is 6.04. The minimum Gasteiger partial charge on any atom is -0.387 e. The summed E-state index contributed by atoms with van der Waals surface area (Å²) >= 11 is 1.43. The molecule has 0 aliphatic carbocycles. The molecule has 0 bridgehead atoms. The van der Waals surface area contributed by atoms with Gasteiger partial charge in [0.25, 0.3) is 0 Å². The van der Waals surface area contributed by atoms with E-state index in [0.29, 0.717) is 16.9 Å². The molecule has 1 saturated heterocycles. The molecule has 0 spiro atoms. The number of aromatic amines is 1. The number of nitrogen functional groups attached to an aromatic ring is 1. The number of fused-ring (bicyclic) bond motifs is 2. The number of aliphatic hydroxyl groups is 2. The van der Waals surface area contributed by atoms with E-state index in [9.17, 15) is 10.2 Å². The number of nitrogens with zero attached hydrogens (tertiary/aromatic N) is 5. The monoisotopic (exact) mass is 413 g/mol. The van der Waals surface area contributed by atoms with Crippen LogP contribution in [-0.2, 0) is 4.74 Å². The Labute approximate surface area is 169 Å². The Hall–Kier alpha value is -2.73. The number of hydrogen-bond donors (Lipinski definition) is 4. The zero-order chi connectivity index (χ0) is 20.1. The molecule has 1 aliphatic rings. The van der Waals surface area contributed by atoms with Crippen molar-refractivity contribution in [2.24, 2.45) is 0 Å². The summed E-state index contributed by atoms with van der Waals surface area (Å²) in [5.41, 5.74) is 9.65. The molecular weight excluding hydrogens is 394 g/mol. The number of H-pyrrole nitrogens is 1. The summed E-state index contributed by atoms with van der Waals surface area (Å²) in [6.07, 6.45) is -0.806. The smallest absolute Gasteiger partial charge is 0.167 e. The molecule has 10 nitrogen and oxygen atoms in total. The Morgan fingerprint density at radius 1 is 1.21 bits per heavy atom. The Morgan fingerprint density at radius 3 is 2.90 bits per heavy atom. The molecule has 5 N–H and O–H groups in total. The topological polar surface area (TPSA) is 148 Å². The third-order valence-electron chi connectivity index (χ3n) is 5.08. The van der Waals surface area contributed by atoms with Crippen LogP contribution in [0.2, 0.25) is 0 Å². The van der Waals surface area contributed by atoms with Gasteiger partial charge in [0, 0.05) is 5.75 Å². The fourth-order valence-electron chi connectivity index (χ4n) is 3.54. The number of imidazole rings is 2. The van der Waals surface area contributed by atoms with Gasteiger partial charge in [0.2, 0.25) is 0 Å². The number of nitrogens with one attached hydrogen (secondary N) is 1. The van der Waals surface area contributed by atoms with Gasteiger partial charge in [-0.1, -0.05) is 23.9 Å². The van der Waals surface area contributed by atoms with E-state index < -0.39 is 24.5 Å². The highest BCUT2D eigenvalue weighted by Crippen LogP contribution is 2.34. The molecule has 4 aromatic rings. The first-order chi connectivity index (χ1) is 14.0. The lowest BCUT2D eigenvalue weighted by atomic mass is 10.1. The molecule has 11 heteroatoms. The summed E-state index contributed by atoms with van der Waals surface area (Å²) in [7, 11) is 0. The van der Waals surface area contributed by atoms with Gasteiger partial charge in [0.1, 0.15) is 24.1 Å². The number of nitrogens with two attached hydrogens (primary N) is 1. The zero-order valence-corrected chi connectivity index (χ0v) is 16.2. The third kappa shape index (κ3) is 3.02. The molecule has 1 aromatic carbocycles. The van der Waals surface area contributed by atoms with Crippen molar-refractivity contribution in [3.8, 4) is 0 Å². The Bertz CT molecular complexity index is 1190. The second kappa shape index (κ2) is 6.95. The molecule has 1 aliphatic heterocycles. The lowest BCUT2D eigenvalue weighted by Gasteiger charge is -2.16. The first-order valence-corrected chi connectivity index (χ1v) is 10.0. The number of benzene rings is 1. The number of ether oxygens (including phenoxy) is 1. The van der Waals surface area contributed by atoms with Crippen LogP contribution in [0.15, 0.2) is 36.0 Å². The second-order valence-corrected chi connectivity index (χ2v) is 7.96. The van der Waals surface area contributed by atoms with Crippen molar-refractivity contribution >= 4 is 39.8 Å². The van der Waals surface area contributed by atoms with Gasteiger partial charge in [0.15, 0.2) is 22.8 Å². The fourth-order valence-corrected chi connectivity index (χ4v) is 4.47. The predicted molar refractivity (Wildman–Crippen MR) is 107 cm³/mol. The lowest BCUT2D eigenvalue weighted by Crippen LogP contribution is -2.32. The maximum atomic E-state index is 10.5. The number of aromatic nitrogens is 6. The van der Waals surface area contributed by atoms with E-state index in [2.05, 4.69) is 24.9 Å². The summed E-state index contributed by atoms with van der Waals surface area (Å²) in [5, 5.41) is 21.8. The van der Waals surface area contributed by atoms with Crippen molar-refractivity contribution in [2.45, 2.75) is 36.6 Å². The Kier molecular flexibility index (Phi) is 4.39. The van der Waals surface area contributed by atoms with Crippen molar-refractivity contribution in [1.29, 1.82) is 0 Å². The number of hydrogen-bond acceptors (Lipinski definition) is 9. The van der Waals surface area contributed by atoms with Crippen molar-refractivity contribution in [1.82, 2.24) is 29.5 Å². The number of aryl methyl sites for hydroxylation is 1. The summed E-state index contributed by atoms with van der Waals surface area (Å²) in [4.78, 5) is 20.1. The van der Waals surface area contributed by atoms with E-state index in [4.69, 9.17) is 10.5 Å². The van der Waals surface area contributed by atoms with Gasteiger partial charge in [-0.3, -0.25) is 4.57 Å². The number of anilines is 1. The van der Waals surface area contributed by atoms with Gasteiger partial charge in [-0.05, 0) is 18.6 Å². The summed E-state index contributed by atoms with van der Waals surface area (Å²) < 4.78 is 7.52. The van der Waals surface area contributed by atoms with Crippen molar-refractivity contribution in [3.05, 3.63) is 36.4 Å². The molecule has 29 heavy (non-hydrogen) atoms. The number of rotatable bonds is 4. The quantitative estimate of drug-likeness (QED) is 0.360. The van der Waals surface area contributed by atoms with Crippen LogP contribution in [-0.4, -0.2) is 63.8 Å². The van der Waals surface area contributed by atoms with Crippen molar-refractivity contribution in [3.63, 3.8) is 0 Å². The van der Waals surface area contributed by atoms with Crippen LogP contribution in [0.5, 0.6) is 0 Å². The summed E-state index contributed by atoms with van der Waals surface area (Å²) in [5.74, 6) is 0.659. The van der Waals surface area contributed by atoms with Gasteiger partial charge in [0.05, 0.1) is 23.5 Å². The summed E-state index contributed by atoms with van der Waals surface area (Å²) in [6.45, 7) is 2.01. The van der Waals surface area contributed by atoms with E-state index in [0.717, 1.165) is 21.8 Å². The first kappa shape index (κ1) is 18.3. The largest absolute Gasteiger partial charge is 0.387 e. The molecule has 1 fully saturated rings. The van der Waals surface area contributed by atoms with E-state index in [1.54, 1.807) is 4.57 Å². The standard InChI is InChI=1S/C18H19N7O3S/c1-8-3-2-4-9-11(8)24-18(23-9)29-5-10-13(26)14(27)17(28-10)25-7-22-12-15(19)20-6-21-16(12)25/h2-4,6-7,10,13-14,17,26-27H,5H2,1H3,(H,23,24)(H2,19,20,21)/t10-,13-,14-,17-/m1/s1. The van der Waals surface area contributed by atoms with Crippen molar-refractivity contribution in [2.75, 3.05) is 11.5 Å². The van der Waals surface area contributed by atoms with Crippen LogP contribution in [0.4, 0.5) is 5.82 Å².